The molecular weight excluding hydrogens is 309 g/mol. The highest BCUT2D eigenvalue weighted by Crippen LogP contribution is 2.29. The van der Waals surface area contributed by atoms with Gasteiger partial charge in [-0.25, -0.2) is 4.39 Å². The van der Waals surface area contributed by atoms with Crippen LogP contribution in [0.1, 0.15) is 15.9 Å². The molecule has 0 unspecified atom stereocenters. The third-order valence-corrected chi connectivity index (χ3v) is 2.96. The SMILES string of the molecule is COc1cc(C(=O)/C=C/c2ccc(F)cc2)ccc1OC(F)F. The molecule has 0 aliphatic heterocycles. The molecule has 3 nitrogen and oxygen atoms in total. The fourth-order valence-electron chi connectivity index (χ4n) is 1.86. The highest BCUT2D eigenvalue weighted by atomic mass is 19.3. The number of carbonyl (C=O) groups excluding carboxylic acids is 1. The number of alkyl halides is 2. The number of carbonyl (C=O) groups is 1. The van der Waals surface area contributed by atoms with Crippen LogP contribution in [0.25, 0.3) is 6.08 Å². The smallest absolute Gasteiger partial charge is 0.387 e. The third kappa shape index (κ3) is 4.60. The van der Waals surface area contributed by atoms with Crippen LogP contribution in [-0.2, 0) is 0 Å². The van der Waals surface area contributed by atoms with E-state index in [1.807, 2.05) is 0 Å². The Labute approximate surface area is 131 Å². The number of ketones is 1. The lowest BCUT2D eigenvalue weighted by atomic mass is 10.1. The summed E-state index contributed by atoms with van der Waals surface area (Å²) >= 11 is 0. The molecule has 0 saturated heterocycles. The van der Waals surface area contributed by atoms with Crippen LogP contribution in [0.3, 0.4) is 0 Å². The molecule has 2 aromatic rings. The van der Waals surface area contributed by atoms with Crippen LogP contribution in [0, 0.1) is 5.82 Å². The van der Waals surface area contributed by atoms with Crippen LogP contribution >= 0.6 is 0 Å². The van der Waals surface area contributed by atoms with Gasteiger partial charge in [0.15, 0.2) is 17.3 Å². The minimum absolute atomic E-state index is 0.0336. The van der Waals surface area contributed by atoms with Crippen molar-refractivity contribution in [2.75, 3.05) is 7.11 Å². The Hall–Kier alpha value is -2.76. The first-order valence-corrected chi connectivity index (χ1v) is 6.60. The Balaban J connectivity index is 2.17. The van der Waals surface area contributed by atoms with E-state index in [1.165, 1.54) is 61.7 Å². The van der Waals surface area contributed by atoms with E-state index in [0.29, 0.717) is 5.56 Å². The standard InChI is InChI=1S/C17H13F3O3/c1-22-16-10-12(5-9-15(16)23-17(19)20)14(21)8-4-11-2-6-13(18)7-3-11/h2-10,17H,1H3/b8-4+. The number of benzene rings is 2. The molecule has 0 fully saturated rings. The van der Waals surface area contributed by atoms with E-state index >= 15 is 0 Å². The van der Waals surface area contributed by atoms with Gasteiger partial charge in [-0.3, -0.25) is 4.79 Å². The molecule has 0 bridgehead atoms. The maximum absolute atomic E-state index is 12.8. The first kappa shape index (κ1) is 16.6. The molecule has 120 valence electrons. The summed E-state index contributed by atoms with van der Waals surface area (Å²) in [4.78, 5) is 12.1. The number of halogens is 3. The third-order valence-electron chi connectivity index (χ3n) is 2.96. The fraction of sp³-hybridized carbons (Fsp3) is 0.118. The van der Waals surface area contributed by atoms with Gasteiger partial charge in [-0.2, -0.15) is 8.78 Å². The zero-order valence-corrected chi connectivity index (χ0v) is 12.1. The van der Waals surface area contributed by atoms with Crippen LogP contribution in [0.15, 0.2) is 48.5 Å². The Morgan fingerprint density at radius 2 is 1.78 bits per heavy atom. The molecule has 0 aliphatic rings. The molecule has 0 aromatic heterocycles. The molecule has 0 heterocycles. The molecule has 0 atom stereocenters. The summed E-state index contributed by atoms with van der Waals surface area (Å²) in [7, 11) is 1.29. The number of allylic oxidation sites excluding steroid dienone is 1. The highest BCUT2D eigenvalue weighted by molar-refractivity contribution is 6.07. The van der Waals surface area contributed by atoms with Crippen molar-refractivity contribution >= 4 is 11.9 Å². The van der Waals surface area contributed by atoms with Gasteiger partial charge in [-0.1, -0.05) is 18.2 Å². The van der Waals surface area contributed by atoms with Gasteiger partial charge in [0.1, 0.15) is 5.82 Å². The number of hydrogen-bond acceptors (Lipinski definition) is 3. The van der Waals surface area contributed by atoms with E-state index in [4.69, 9.17) is 4.74 Å². The van der Waals surface area contributed by atoms with Gasteiger partial charge in [0, 0.05) is 5.56 Å². The minimum atomic E-state index is -2.98. The van der Waals surface area contributed by atoms with Gasteiger partial charge in [0.25, 0.3) is 0 Å². The molecule has 2 rings (SSSR count). The first-order valence-electron chi connectivity index (χ1n) is 6.60. The largest absolute Gasteiger partial charge is 0.493 e. The number of hydrogen-bond donors (Lipinski definition) is 0. The Kier molecular flexibility index (Phi) is 5.41. The van der Waals surface area contributed by atoms with Crippen molar-refractivity contribution in [1.29, 1.82) is 0 Å². The summed E-state index contributed by atoms with van der Waals surface area (Å²) in [6.07, 6.45) is 2.83. The Morgan fingerprint density at radius 1 is 1.09 bits per heavy atom. The van der Waals surface area contributed by atoms with E-state index < -0.39 is 6.61 Å². The molecule has 6 heteroatoms. The molecular formula is C17H13F3O3. The van der Waals surface area contributed by atoms with Gasteiger partial charge in [0.05, 0.1) is 7.11 Å². The van der Waals surface area contributed by atoms with Crippen LogP contribution in [0.2, 0.25) is 0 Å². The summed E-state index contributed by atoms with van der Waals surface area (Å²) in [5, 5.41) is 0. The van der Waals surface area contributed by atoms with E-state index in [9.17, 15) is 18.0 Å². The molecule has 0 radical (unpaired) electrons. The normalized spacial score (nSPS) is 11.0. The highest BCUT2D eigenvalue weighted by Gasteiger charge is 2.13. The molecule has 0 saturated carbocycles. The lowest BCUT2D eigenvalue weighted by Gasteiger charge is -2.10. The van der Waals surface area contributed by atoms with Crippen LogP contribution in [-0.4, -0.2) is 19.5 Å². The average Bonchev–Trinajstić information content (AvgIpc) is 2.54. The van der Waals surface area contributed by atoms with Crippen molar-refractivity contribution in [3.05, 3.63) is 65.5 Å². The van der Waals surface area contributed by atoms with Gasteiger partial charge >= 0.3 is 6.61 Å². The quantitative estimate of drug-likeness (QED) is 0.586. The van der Waals surface area contributed by atoms with E-state index in [2.05, 4.69) is 4.74 Å². The molecule has 23 heavy (non-hydrogen) atoms. The lowest BCUT2D eigenvalue weighted by molar-refractivity contribution is -0.0512. The zero-order chi connectivity index (χ0) is 16.8. The number of methoxy groups -OCH3 is 1. The van der Waals surface area contributed by atoms with Crippen molar-refractivity contribution in [2.45, 2.75) is 6.61 Å². The molecule has 0 amide bonds. The minimum Gasteiger partial charge on any atom is -0.493 e. The predicted molar refractivity (Wildman–Crippen MR) is 79.4 cm³/mol. The van der Waals surface area contributed by atoms with Gasteiger partial charge in [0.2, 0.25) is 0 Å². The zero-order valence-electron chi connectivity index (χ0n) is 12.1. The van der Waals surface area contributed by atoms with Crippen molar-refractivity contribution in [2.24, 2.45) is 0 Å². The van der Waals surface area contributed by atoms with Crippen LogP contribution in [0.5, 0.6) is 11.5 Å². The van der Waals surface area contributed by atoms with Gasteiger partial charge < -0.3 is 9.47 Å². The van der Waals surface area contributed by atoms with Crippen molar-refractivity contribution in [3.63, 3.8) is 0 Å². The topological polar surface area (TPSA) is 35.5 Å². The number of ether oxygens (including phenoxy) is 2. The summed E-state index contributed by atoms with van der Waals surface area (Å²) < 4.78 is 46.5. The Morgan fingerprint density at radius 3 is 2.39 bits per heavy atom. The van der Waals surface area contributed by atoms with Crippen LogP contribution < -0.4 is 9.47 Å². The maximum Gasteiger partial charge on any atom is 0.387 e. The van der Waals surface area contributed by atoms with Crippen LogP contribution in [0.4, 0.5) is 13.2 Å². The second-order valence-electron chi connectivity index (χ2n) is 4.49. The second-order valence-corrected chi connectivity index (χ2v) is 4.49. The molecule has 0 aliphatic carbocycles. The second kappa shape index (κ2) is 7.49. The van der Waals surface area contributed by atoms with Gasteiger partial charge in [-0.05, 0) is 42.0 Å². The van der Waals surface area contributed by atoms with Crippen molar-refractivity contribution in [1.82, 2.24) is 0 Å². The van der Waals surface area contributed by atoms with E-state index in [0.717, 1.165) is 0 Å². The molecule has 0 N–H and O–H groups in total. The summed E-state index contributed by atoms with van der Waals surface area (Å²) in [5.74, 6) is -0.836. The van der Waals surface area contributed by atoms with E-state index in [1.54, 1.807) is 0 Å². The summed E-state index contributed by atoms with van der Waals surface area (Å²) in [6, 6.07) is 9.53. The lowest BCUT2D eigenvalue weighted by Crippen LogP contribution is -2.04. The summed E-state index contributed by atoms with van der Waals surface area (Å²) in [6.45, 7) is -2.98. The van der Waals surface area contributed by atoms with Gasteiger partial charge in [-0.15, -0.1) is 0 Å². The van der Waals surface area contributed by atoms with Crippen molar-refractivity contribution < 1.29 is 27.4 Å². The number of rotatable bonds is 6. The average molecular weight is 322 g/mol. The maximum atomic E-state index is 12.8. The fourth-order valence-corrected chi connectivity index (χ4v) is 1.86. The molecule has 2 aromatic carbocycles. The first-order chi connectivity index (χ1) is 11.0. The molecule has 0 spiro atoms. The Bertz CT molecular complexity index is 710. The summed E-state index contributed by atoms with van der Waals surface area (Å²) in [5.41, 5.74) is 0.909. The monoisotopic (exact) mass is 322 g/mol. The van der Waals surface area contributed by atoms with E-state index in [-0.39, 0.29) is 28.7 Å². The van der Waals surface area contributed by atoms with Crippen molar-refractivity contribution in [3.8, 4) is 11.5 Å². The predicted octanol–water partition coefficient (Wildman–Crippen LogP) is 4.33.